The van der Waals surface area contributed by atoms with Crippen LogP contribution in [0.1, 0.15) is 81.1 Å². The molecule has 3 aliphatic heterocycles. The van der Waals surface area contributed by atoms with Crippen LogP contribution in [0.5, 0.6) is 11.5 Å². The summed E-state index contributed by atoms with van der Waals surface area (Å²) in [6.07, 6.45) is 0.835. The van der Waals surface area contributed by atoms with Gasteiger partial charge in [-0.05, 0) is 110 Å². The molecule has 19 nitrogen and oxygen atoms in total. The van der Waals surface area contributed by atoms with Crippen LogP contribution in [-0.2, 0) is 35.2 Å². The molecule has 3 heterocycles. The molecule has 7 rings (SSSR count). The Kier molecular flexibility index (Phi) is 18.8. The van der Waals surface area contributed by atoms with Crippen molar-refractivity contribution in [3.63, 3.8) is 0 Å². The van der Waals surface area contributed by atoms with Crippen LogP contribution in [0, 0.1) is 0 Å². The lowest BCUT2D eigenvalue weighted by Gasteiger charge is -2.31. The number of nitrogens with one attached hydrogen (secondary N) is 5. The van der Waals surface area contributed by atoms with Gasteiger partial charge in [-0.1, -0.05) is 80.4 Å². The zero-order valence-corrected chi connectivity index (χ0v) is 41.8. The number of nitrogens with zero attached hydrogens (tertiary/aromatic N) is 2. The van der Waals surface area contributed by atoms with Crippen molar-refractivity contribution in [2.75, 3.05) is 32.8 Å². The van der Waals surface area contributed by atoms with Crippen LogP contribution >= 0.6 is 0 Å². The molecule has 394 valence electrons. The molecule has 3 saturated heterocycles. The van der Waals surface area contributed by atoms with Crippen molar-refractivity contribution in [3.8, 4) is 33.8 Å². The fraction of sp³-hybridized carbons (Fsp3) is 0.436. The number of unbranched alkanes of at least 4 members (excludes halogenated alkanes) is 2. The van der Waals surface area contributed by atoms with Gasteiger partial charge < -0.3 is 62.2 Å². The third kappa shape index (κ3) is 14.2. The molecule has 4 aromatic rings. The number of aromatic hydroxyl groups is 1. The van der Waals surface area contributed by atoms with Crippen molar-refractivity contribution in [2.45, 2.75) is 120 Å². The lowest BCUT2D eigenvalue weighted by Crippen LogP contribution is -2.60. The molecule has 19 heteroatoms. The Morgan fingerprint density at radius 2 is 1.38 bits per heavy atom. The van der Waals surface area contributed by atoms with Crippen molar-refractivity contribution in [3.05, 3.63) is 108 Å². The van der Waals surface area contributed by atoms with Crippen molar-refractivity contribution >= 4 is 41.4 Å². The van der Waals surface area contributed by atoms with Crippen LogP contribution in [0.2, 0.25) is 0 Å². The number of amides is 7. The van der Waals surface area contributed by atoms with Crippen molar-refractivity contribution in [1.29, 1.82) is 0 Å². The van der Waals surface area contributed by atoms with Crippen molar-refractivity contribution in [1.82, 2.24) is 36.4 Å². The van der Waals surface area contributed by atoms with Gasteiger partial charge >= 0.3 is 0 Å². The predicted octanol–water partition coefficient (Wildman–Crippen LogP) is 2.29. The van der Waals surface area contributed by atoms with Crippen LogP contribution in [0.25, 0.3) is 22.3 Å². The second kappa shape index (κ2) is 25.5. The van der Waals surface area contributed by atoms with Crippen LogP contribution < -0.4 is 37.1 Å². The lowest BCUT2D eigenvalue weighted by atomic mass is 9.99. The summed E-state index contributed by atoms with van der Waals surface area (Å²) in [4.78, 5) is 99.9. The number of hydrogen-bond acceptors (Lipinski definition) is 12. The SMILES string of the molecule is CCCCCOc1ccc(-c2ccc(-c3ccc(C(=O)N[C@H]4CCCNC(=O)[C@@H]5C[C@H](N)CN5C(=O)CNC(=O)C(CCc5ccc(O)cc5)NC(=O)[C@@H]5C[C@@H](O)CN5C(=O)[C@H]([C@@H](C)O)NC4=O)cc3)cc2)cc1. The van der Waals surface area contributed by atoms with Gasteiger partial charge in [0.15, 0.2) is 0 Å². The molecule has 74 heavy (non-hydrogen) atoms. The Labute approximate surface area is 430 Å². The number of aliphatic hydroxyl groups excluding tert-OH is 2. The van der Waals surface area contributed by atoms with Gasteiger partial charge in [0.2, 0.25) is 35.4 Å². The van der Waals surface area contributed by atoms with E-state index in [1.54, 1.807) is 36.4 Å². The van der Waals surface area contributed by atoms with E-state index in [4.69, 9.17) is 10.5 Å². The third-order valence-corrected chi connectivity index (χ3v) is 13.7. The van der Waals surface area contributed by atoms with Crippen molar-refractivity contribution in [2.24, 2.45) is 5.73 Å². The molecule has 7 amide bonds. The number of phenolic OH excluding ortho intramolecular Hbond substituents is 1. The molecule has 0 radical (unpaired) electrons. The van der Waals surface area contributed by atoms with E-state index in [-0.39, 0.29) is 69.5 Å². The first-order valence-corrected chi connectivity index (χ1v) is 25.5. The van der Waals surface area contributed by atoms with E-state index < -0.39 is 96.4 Å². The molecule has 8 atom stereocenters. The van der Waals surface area contributed by atoms with Gasteiger partial charge in [-0.2, -0.15) is 0 Å². The van der Waals surface area contributed by atoms with Gasteiger partial charge in [0, 0.05) is 37.7 Å². The molecule has 0 bridgehead atoms. The van der Waals surface area contributed by atoms with Gasteiger partial charge in [0.1, 0.15) is 41.7 Å². The van der Waals surface area contributed by atoms with E-state index in [1.807, 2.05) is 48.5 Å². The molecule has 0 aromatic heterocycles. The summed E-state index contributed by atoms with van der Waals surface area (Å²) in [5, 5.41) is 45.0. The Bertz CT molecular complexity index is 2600. The fourth-order valence-electron chi connectivity index (χ4n) is 9.52. The van der Waals surface area contributed by atoms with Crippen LogP contribution in [0.4, 0.5) is 0 Å². The minimum absolute atomic E-state index is 0.0118. The van der Waals surface area contributed by atoms with Gasteiger partial charge in [-0.15, -0.1) is 0 Å². The number of benzene rings is 4. The Morgan fingerprint density at radius 1 is 0.757 bits per heavy atom. The van der Waals surface area contributed by atoms with Gasteiger partial charge in [0.05, 0.1) is 25.4 Å². The number of fused-ring (bicyclic) bond motifs is 2. The van der Waals surface area contributed by atoms with Crippen LogP contribution in [0.3, 0.4) is 0 Å². The monoisotopic (exact) mass is 1020 g/mol. The highest BCUT2D eigenvalue weighted by atomic mass is 16.5. The fourth-order valence-corrected chi connectivity index (χ4v) is 9.52. The van der Waals surface area contributed by atoms with E-state index in [0.717, 1.165) is 57.7 Å². The minimum atomic E-state index is -1.65. The molecule has 3 fully saturated rings. The summed E-state index contributed by atoms with van der Waals surface area (Å²) in [5.41, 5.74) is 11.0. The largest absolute Gasteiger partial charge is 0.508 e. The highest BCUT2D eigenvalue weighted by Gasteiger charge is 2.44. The first-order chi connectivity index (χ1) is 35.6. The predicted molar refractivity (Wildman–Crippen MR) is 275 cm³/mol. The summed E-state index contributed by atoms with van der Waals surface area (Å²) in [6.45, 7) is 3.30. The number of carbonyl (C=O) groups excluding carboxylic acids is 7. The van der Waals surface area contributed by atoms with Gasteiger partial charge in [0.25, 0.3) is 5.91 Å². The van der Waals surface area contributed by atoms with Gasteiger partial charge in [-0.3, -0.25) is 33.6 Å². The maximum Gasteiger partial charge on any atom is 0.251 e. The first-order valence-electron chi connectivity index (χ1n) is 25.5. The molecular weight excluding hydrogens is 949 g/mol. The third-order valence-electron chi connectivity index (χ3n) is 13.7. The number of carbonyl (C=O) groups is 7. The van der Waals surface area contributed by atoms with E-state index in [1.165, 1.54) is 24.0 Å². The maximum absolute atomic E-state index is 14.3. The number of hydrogen-bond donors (Lipinski definition) is 9. The average molecular weight is 1020 g/mol. The molecule has 4 aromatic carbocycles. The molecular formula is C55H68N8O11. The van der Waals surface area contributed by atoms with E-state index in [9.17, 15) is 48.9 Å². The van der Waals surface area contributed by atoms with E-state index >= 15 is 0 Å². The standard InChI is InChI=1S/C55H68N8O11/c1-3-4-5-27-74-43-23-19-38(20-24-43)36-13-11-35(12-14-36)37-15-17-39(18-16-37)50(68)59-44-7-6-26-57-53(71)46-28-40(56)31-62(46)48(67)30-58-51(69)45(25-10-34-8-21-41(65)22-9-34)60-54(72)47-29-42(66)32-63(47)55(73)49(33(2)64)61-52(44)70/h8-9,11-24,33,40,42,44-47,49,64-66H,3-7,10,25-32,56H2,1-2H3,(H,57,71)(H,58,69)(H,59,68)(H,60,72)(H,61,70)/t33-,40+,42-,44+,45?,46+,47+,49+/m1/s1. The van der Waals surface area contributed by atoms with Crippen LogP contribution in [0.15, 0.2) is 97.1 Å². The van der Waals surface area contributed by atoms with E-state index in [2.05, 4.69) is 33.5 Å². The number of ether oxygens (including phenoxy) is 1. The highest BCUT2D eigenvalue weighted by molar-refractivity contribution is 6.00. The van der Waals surface area contributed by atoms with E-state index in [0.29, 0.717) is 6.61 Å². The maximum atomic E-state index is 14.3. The number of aryl methyl sites for hydroxylation is 1. The second-order valence-corrected chi connectivity index (χ2v) is 19.4. The number of aliphatic hydroxyl groups is 2. The number of rotatable bonds is 13. The topological polar surface area (TPSA) is 282 Å². The highest BCUT2D eigenvalue weighted by Crippen LogP contribution is 2.28. The zero-order chi connectivity index (χ0) is 52.9. The Morgan fingerprint density at radius 3 is 2.01 bits per heavy atom. The molecule has 0 aliphatic carbocycles. The first kappa shape index (κ1) is 54.4. The molecule has 0 saturated carbocycles. The summed E-state index contributed by atoms with van der Waals surface area (Å²) < 4.78 is 5.86. The molecule has 3 aliphatic rings. The Balaban J connectivity index is 1.08. The lowest BCUT2D eigenvalue weighted by molar-refractivity contribution is -0.144. The Hall–Kier alpha value is -7.35. The minimum Gasteiger partial charge on any atom is -0.508 e. The number of phenols is 1. The molecule has 1 unspecified atom stereocenters. The van der Waals surface area contributed by atoms with Gasteiger partial charge in [-0.25, -0.2) is 0 Å². The van der Waals surface area contributed by atoms with Crippen molar-refractivity contribution < 1.29 is 53.6 Å². The summed E-state index contributed by atoms with van der Waals surface area (Å²) in [7, 11) is 0. The molecule has 10 N–H and O–H groups in total. The normalized spacial score (nSPS) is 23.8. The summed E-state index contributed by atoms with van der Waals surface area (Å²) in [6, 6.07) is 22.0. The summed E-state index contributed by atoms with van der Waals surface area (Å²) >= 11 is 0. The second-order valence-electron chi connectivity index (χ2n) is 19.4. The smallest absolute Gasteiger partial charge is 0.251 e. The average Bonchev–Trinajstić information content (AvgIpc) is 4.00. The summed E-state index contributed by atoms with van der Waals surface area (Å²) in [5.74, 6) is -4.14. The van der Waals surface area contributed by atoms with Crippen LogP contribution in [-0.4, -0.2) is 148 Å². The quantitative estimate of drug-likeness (QED) is 0.0873. The molecule has 0 spiro atoms. The zero-order valence-electron chi connectivity index (χ0n) is 41.8. The number of nitrogens with two attached hydrogens (primary N) is 1.